The van der Waals surface area contributed by atoms with Crippen LogP contribution in [0.2, 0.25) is 0 Å². The molecule has 1 aliphatic carbocycles. The molecule has 0 amide bonds. The van der Waals surface area contributed by atoms with Crippen LogP contribution >= 0.6 is 15.9 Å². The van der Waals surface area contributed by atoms with E-state index in [0.29, 0.717) is 0 Å². The van der Waals surface area contributed by atoms with Gasteiger partial charge in [0.05, 0.1) is 11.4 Å². The summed E-state index contributed by atoms with van der Waals surface area (Å²) in [7, 11) is 0. The first-order chi connectivity index (χ1) is 7.75. The van der Waals surface area contributed by atoms with E-state index in [-0.39, 0.29) is 0 Å². The fourth-order valence-electron chi connectivity index (χ4n) is 2.02. The minimum Gasteiger partial charge on any atom is -0.397 e. The van der Waals surface area contributed by atoms with Gasteiger partial charge in [-0.1, -0.05) is 27.6 Å². The van der Waals surface area contributed by atoms with Gasteiger partial charge in [-0.2, -0.15) is 0 Å². The highest BCUT2D eigenvalue weighted by atomic mass is 79.9. The largest absolute Gasteiger partial charge is 0.397 e. The molecule has 3 heteroatoms. The highest BCUT2D eigenvalue weighted by Gasteiger charge is 2.04. The molecule has 86 valence electrons. The lowest BCUT2D eigenvalue weighted by Gasteiger charge is -2.09. The van der Waals surface area contributed by atoms with E-state index >= 15 is 0 Å². The summed E-state index contributed by atoms with van der Waals surface area (Å²) in [6.45, 7) is 0.970. The Morgan fingerprint density at radius 2 is 2.25 bits per heavy atom. The van der Waals surface area contributed by atoms with Crippen molar-refractivity contribution in [2.24, 2.45) is 0 Å². The molecule has 0 radical (unpaired) electrons. The van der Waals surface area contributed by atoms with Crippen LogP contribution < -0.4 is 11.1 Å². The number of anilines is 2. The maximum Gasteiger partial charge on any atom is 0.0574 e. The molecule has 0 saturated heterocycles. The summed E-state index contributed by atoms with van der Waals surface area (Å²) in [5.41, 5.74) is 9.32. The standard InChI is InChI=1S/C13H17BrN2/c14-11-5-6-13(12(15)9-11)16-8-7-10-3-1-2-4-10/h3,5-6,9,16H,1-2,4,7-8,15H2. The first-order valence-corrected chi connectivity index (χ1v) is 6.52. The average molecular weight is 281 g/mol. The van der Waals surface area contributed by atoms with Gasteiger partial charge in [0.25, 0.3) is 0 Å². The lowest BCUT2D eigenvalue weighted by molar-refractivity contribution is 0.863. The van der Waals surface area contributed by atoms with Crippen molar-refractivity contribution in [2.45, 2.75) is 25.7 Å². The SMILES string of the molecule is Nc1cc(Br)ccc1NCCC1=CCCC1. The van der Waals surface area contributed by atoms with Gasteiger partial charge in [0.2, 0.25) is 0 Å². The van der Waals surface area contributed by atoms with Gasteiger partial charge in [0, 0.05) is 11.0 Å². The Morgan fingerprint density at radius 3 is 2.94 bits per heavy atom. The van der Waals surface area contributed by atoms with Crippen LogP contribution in [0.4, 0.5) is 11.4 Å². The molecule has 0 atom stereocenters. The van der Waals surface area contributed by atoms with Crippen LogP contribution in [0.1, 0.15) is 25.7 Å². The summed E-state index contributed by atoms with van der Waals surface area (Å²) in [4.78, 5) is 0. The van der Waals surface area contributed by atoms with E-state index in [2.05, 4.69) is 27.3 Å². The first-order valence-electron chi connectivity index (χ1n) is 5.72. The van der Waals surface area contributed by atoms with E-state index in [0.717, 1.165) is 28.8 Å². The summed E-state index contributed by atoms with van der Waals surface area (Å²) in [5, 5.41) is 3.38. The van der Waals surface area contributed by atoms with Gasteiger partial charge in [-0.05, 0) is 43.9 Å². The van der Waals surface area contributed by atoms with Gasteiger partial charge < -0.3 is 11.1 Å². The minimum atomic E-state index is 0.801. The van der Waals surface area contributed by atoms with Crippen LogP contribution in [-0.4, -0.2) is 6.54 Å². The molecule has 0 bridgehead atoms. The van der Waals surface area contributed by atoms with Crippen molar-refractivity contribution < 1.29 is 0 Å². The molecule has 2 nitrogen and oxygen atoms in total. The van der Waals surface area contributed by atoms with Crippen molar-refractivity contribution in [3.63, 3.8) is 0 Å². The zero-order valence-electron chi connectivity index (χ0n) is 9.30. The number of hydrogen-bond donors (Lipinski definition) is 2. The van der Waals surface area contributed by atoms with E-state index < -0.39 is 0 Å². The normalized spacial score (nSPS) is 14.9. The summed E-state index contributed by atoms with van der Waals surface area (Å²) < 4.78 is 1.02. The van der Waals surface area contributed by atoms with Crippen molar-refractivity contribution in [3.05, 3.63) is 34.3 Å². The number of allylic oxidation sites excluding steroid dienone is 1. The zero-order valence-corrected chi connectivity index (χ0v) is 10.9. The fourth-order valence-corrected chi connectivity index (χ4v) is 2.40. The summed E-state index contributed by atoms with van der Waals surface area (Å²) >= 11 is 3.40. The molecule has 1 aromatic carbocycles. The molecule has 16 heavy (non-hydrogen) atoms. The molecular weight excluding hydrogens is 264 g/mol. The fraction of sp³-hybridized carbons (Fsp3) is 0.385. The molecule has 0 unspecified atom stereocenters. The second-order valence-corrected chi connectivity index (χ2v) is 5.08. The van der Waals surface area contributed by atoms with Crippen LogP contribution in [0.5, 0.6) is 0 Å². The third-order valence-electron chi connectivity index (χ3n) is 2.91. The predicted octanol–water partition coefficient (Wildman–Crippen LogP) is 3.94. The smallest absolute Gasteiger partial charge is 0.0574 e. The first kappa shape index (κ1) is 11.5. The number of hydrogen-bond acceptors (Lipinski definition) is 2. The van der Waals surface area contributed by atoms with Crippen molar-refractivity contribution in [2.75, 3.05) is 17.6 Å². The molecule has 2 rings (SSSR count). The van der Waals surface area contributed by atoms with Crippen molar-refractivity contribution in [3.8, 4) is 0 Å². The topological polar surface area (TPSA) is 38.0 Å². The lowest BCUT2D eigenvalue weighted by Crippen LogP contribution is -2.04. The average Bonchev–Trinajstić information content (AvgIpc) is 2.74. The number of nitrogens with one attached hydrogen (secondary N) is 1. The van der Waals surface area contributed by atoms with Gasteiger partial charge in [-0.3, -0.25) is 0 Å². The summed E-state index contributed by atoms with van der Waals surface area (Å²) in [6.07, 6.45) is 7.37. The summed E-state index contributed by atoms with van der Waals surface area (Å²) in [5.74, 6) is 0. The zero-order chi connectivity index (χ0) is 11.4. The highest BCUT2D eigenvalue weighted by Crippen LogP contribution is 2.24. The van der Waals surface area contributed by atoms with Gasteiger partial charge in [0.1, 0.15) is 0 Å². The Kier molecular flexibility index (Phi) is 3.88. The quantitative estimate of drug-likeness (QED) is 0.648. The Hall–Kier alpha value is -0.960. The van der Waals surface area contributed by atoms with Crippen LogP contribution in [0.15, 0.2) is 34.3 Å². The number of halogens is 1. The number of nitrogen functional groups attached to an aromatic ring is 1. The molecule has 1 aromatic rings. The number of nitrogens with two attached hydrogens (primary N) is 1. The van der Waals surface area contributed by atoms with Crippen LogP contribution in [0, 0.1) is 0 Å². The van der Waals surface area contributed by atoms with E-state index in [9.17, 15) is 0 Å². The predicted molar refractivity (Wildman–Crippen MR) is 73.6 cm³/mol. The molecule has 1 aliphatic rings. The van der Waals surface area contributed by atoms with Crippen LogP contribution in [-0.2, 0) is 0 Å². The van der Waals surface area contributed by atoms with Crippen molar-refractivity contribution >= 4 is 27.3 Å². The highest BCUT2D eigenvalue weighted by molar-refractivity contribution is 9.10. The molecule has 0 fully saturated rings. The molecule has 0 aromatic heterocycles. The van der Waals surface area contributed by atoms with Gasteiger partial charge >= 0.3 is 0 Å². The Labute approximate surface area is 105 Å². The third-order valence-corrected chi connectivity index (χ3v) is 3.40. The van der Waals surface area contributed by atoms with Gasteiger partial charge in [-0.25, -0.2) is 0 Å². The monoisotopic (exact) mass is 280 g/mol. The van der Waals surface area contributed by atoms with Crippen molar-refractivity contribution in [1.29, 1.82) is 0 Å². The van der Waals surface area contributed by atoms with Gasteiger partial charge in [-0.15, -0.1) is 0 Å². The van der Waals surface area contributed by atoms with Gasteiger partial charge in [0.15, 0.2) is 0 Å². The third kappa shape index (κ3) is 3.01. The van der Waals surface area contributed by atoms with E-state index in [1.807, 2.05) is 18.2 Å². The van der Waals surface area contributed by atoms with Crippen LogP contribution in [0.25, 0.3) is 0 Å². The Bertz CT molecular complexity index is 399. The summed E-state index contributed by atoms with van der Waals surface area (Å²) in [6, 6.07) is 5.95. The molecule has 0 aliphatic heterocycles. The second kappa shape index (κ2) is 5.39. The Balaban J connectivity index is 1.84. The number of rotatable bonds is 4. The molecule has 0 saturated carbocycles. The second-order valence-electron chi connectivity index (χ2n) is 4.16. The molecule has 0 heterocycles. The minimum absolute atomic E-state index is 0.801. The molecule has 0 spiro atoms. The maximum atomic E-state index is 5.91. The van der Waals surface area contributed by atoms with E-state index in [1.54, 1.807) is 5.57 Å². The van der Waals surface area contributed by atoms with Crippen LogP contribution in [0.3, 0.4) is 0 Å². The lowest BCUT2D eigenvalue weighted by atomic mass is 10.1. The van der Waals surface area contributed by atoms with E-state index in [1.165, 1.54) is 19.3 Å². The molecular formula is C13H17BrN2. The molecule has 3 N–H and O–H groups in total. The van der Waals surface area contributed by atoms with Crippen molar-refractivity contribution in [1.82, 2.24) is 0 Å². The Morgan fingerprint density at radius 1 is 1.38 bits per heavy atom. The maximum absolute atomic E-state index is 5.91. The van der Waals surface area contributed by atoms with E-state index in [4.69, 9.17) is 5.73 Å². The number of benzene rings is 1.